The number of hydrogen-bond acceptors (Lipinski definition) is 3. The maximum absolute atomic E-state index is 13.9. The molecular formula is C26H26F2N2O2S. The van der Waals surface area contributed by atoms with Crippen molar-refractivity contribution in [3.8, 4) is 0 Å². The van der Waals surface area contributed by atoms with E-state index < -0.39 is 23.0 Å². The van der Waals surface area contributed by atoms with Crippen molar-refractivity contribution in [3.05, 3.63) is 89.5 Å². The highest BCUT2D eigenvalue weighted by Crippen LogP contribution is 2.27. The molecule has 0 bridgehead atoms. The Hall–Kier alpha value is -3.19. The third kappa shape index (κ3) is 6.42. The molecule has 0 heterocycles. The minimum Gasteiger partial charge on any atom is -0.326 e. The van der Waals surface area contributed by atoms with Crippen molar-refractivity contribution in [1.82, 2.24) is 0 Å². The molecule has 0 aliphatic rings. The van der Waals surface area contributed by atoms with E-state index in [0.717, 1.165) is 29.5 Å². The van der Waals surface area contributed by atoms with Gasteiger partial charge in [0.1, 0.15) is 11.6 Å². The Morgan fingerprint density at radius 3 is 2.21 bits per heavy atom. The van der Waals surface area contributed by atoms with Crippen LogP contribution < -0.4 is 10.6 Å². The number of rotatable bonds is 8. The van der Waals surface area contributed by atoms with Crippen molar-refractivity contribution in [2.75, 3.05) is 16.4 Å². The second-order valence-corrected chi connectivity index (χ2v) is 9.42. The zero-order chi connectivity index (χ0) is 24.0. The average molecular weight is 469 g/mol. The van der Waals surface area contributed by atoms with Gasteiger partial charge < -0.3 is 10.6 Å². The predicted octanol–water partition coefficient (Wildman–Crippen LogP) is 6.17. The Bertz CT molecular complexity index is 1130. The van der Waals surface area contributed by atoms with Crippen LogP contribution in [-0.4, -0.2) is 17.6 Å². The molecule has 172 valence electrons. The number of carbonyl (C=O) groups is 2. The molecule has 0 fully saturated rings. The topological polar surface area (TPSA) is 58.2 Å². The van der Waals surface area contributed by atoms with Gasteiger partial charge in [-0.25, -0.2) is 8.78 Å². The van der Waals surface area contributed by atoms with Gasteiger partial charge in [0.25, 0.3) is 0 Å². The maximum Gasteiger partial charge on any atom is 0.234 e. The van der Waals surface area contributed by atoms with Gasteiger partial charge in [-0.1, -0.05) is 31.2 Å². The van der Waals surface area contributed by atoms with Crippen LogP contribution in [0.4, 0.5) is 20.2 Å². The van der Waals surface area contributed by atoms with E-state index in [-0.39, 0.29) is 18.0 Å². The summed E-state index contributed by atoms with van der Waals surface area (Å²) in [5, 5.41) is 5.31. The fraction of sp³-hybridized carbons (Fsp3) is 0.231. The molecule has 0 spiro atoms. The Morgan fingerprint density at radius 1 is 0.909 bits per heavy atom. The van der Waals surface area contributed by atoms with Crippen molar-refractivity contribution in [2.45, 2.75) is 37.5 Å². The van der Waals surface area contributed by atoms with Crippen molar-refractivity contribution < 1.29 is 18.4 Å². The monoisotopic (exact) mass is 468 g/mol. The van der Waals surface area contributed by atoms with E-state index >= 15 is 0 Å². The summed E-state index contributed by atoms with van der Waals surface area (Å²) in [6, 6.07) is 17.7. The number of hydrogen-bond donors (Lipinski definition) is 2. The molecule has 0 unspecified atom stereocenters. The first-order chi connectivity index (χ1) is 15.7. The lowest BCUT2D eigenvalue weighted by atomic mass is 9.83. The summed E-state index contributed by atoms with van der Waals surface area (Å²) in [5.74, 6) is -0.973. The quantitative estimate of drug-likeness (QED) is 0.389. The molecule has 7 heteroatoms. The van der Waals surface area contributed by atoms with Crippen molar-refractivity contribution in [3.63, 3.8) is 0 Å². The molecule has 0 saturated carbocycles. The van der Waals surface area contributed by atoms with Gasteiger partial charge in [-0.2, -0.15) is 0 Å². The Balaban J connectivity index is 1.62. The predicted molar refractivity (Wildman–Crippen MR) is 130 cm³/mol. The second kappa shape index (κ2) is 10.6. The molecule has 0 aliphatic heterocycles. The van der Waals surface area contributed by atoms with Gasteiger partial charge in [0.2, 0.25) is 11.8 Å². The molecule has 2 N–H and O–H groups in total. The maximum atomic E-state index is 13.9. The summed E-state index contributed by atoms with van der Waals surface area (Å²) in [5.41, 5.74) is 0.970. The van der Waals surface area contributed by atoms with E-state index in [1.165, 1.54) is 4.90 Å². The first-order valence-electron chi connectivity index (χ1n) is 10.6. The van der Waals surface area contributed by atoms with Crippen molar-refractivity contribution >= 4 is 35.0 Å². The summed E-state index contributed by atoms with van der Waals surface area (Å²) in [6.45, 7) is 5.47. The zero-order valence-corrected chi connectivity index (χ0v) is 19.6. The van der Waals surface area contributed by atoms with Crippen LogP contribution in [-0.2, 0) is 21.4 Å². The normalized spacial score (nSPS) is 11.2. The summed E-state index contributed by atoms with van der Waals surface area (Å²) in [6.07, 6.45) is 0.256. The highest BCUT2D eigenvalue weighted by molar-refractivity contribution is 7.99. The first-order valence-corrected chi connectivity index (χ1v) is 11.6. The number of anilines is 2. The summed E-state index contributed by atoms with van der Waals surface area (Å²) in [7, 11) is 0. The number of carbonyl (C=O) groups excluding carboxylic acids is 2. The fourth-order valence-corrected chi connectivity index (χ4v) is 3.90. The molecule has 4 nitrogen and oxygen atoms in total. The largest absolute Gasteiger partial charge is 0.326 e. The molecule has 0 saturated heterocycles. The molecule has 3 aromatic rings. The highest BCUT2D eigenvalue weighted by Gasteiger charge is 2.30. The molecular weight excluding hydrogens is 442 g/mol. The highest BCUT2D eigenvalue weighted by atomic mass is 32.2. The fourth-order valence-electron chi connectivity index (χ4n) is 3.23. The van der Waals surface area contributed by atoms with Gasteiger partial charge in [0.05, 0.1) is 17.5 Å². The van der Waals surface area contributed by atoms with E-state index in [1.807, 2.05) is 24.3 Å². The zero-order valence-electron chi connectivity index (χ0n) is 18.7. The van der Waals surface area contributed by atoms with Crippen LogP contribution in [0.3, 0.4) is 0 Å². The first kappa shape index (κ1) is 24.5. The summed E-state index contributed by atoms with van der Waals surface area (Å²) in [4.78, 5) is 26.3. The lowest BCUT2D eigenvalue weighted by Crippen LogP contribution is -2.35. The SMILES string of the molecule is CCSc1ccc(CC(=O)Nc2ccc(C(C)(C)C(=O)Nc3cc(F)ccc3F)cc2)cc1. The minimum absolute atomic E-state index is 0.141. The van der Waals surface area contributed by atoms with E-state index in [1.54, 1.807) is 49.9 Å². The van der Waals surface area contributed by atoms with Crippen LogP contribution in [0.2, 0.25) is 0 Å². The van der Waals surface area contributed by atoms with E-state index in [0.29, 0.717) is 11.3 Å². The van der Waals surface area contributed by atoms with E-state index in [9.17, 15) is 18.4 Å². The van der Waals surface area contributed by atoms with E-state index in [2.05, 4.69) is 17.6 Å². The number of benzene rings is 3. The lowest BCUT2D eigenvalue weighted by Gasteiger charge is -2.24. The summed E-state index contributed by atoms with van der Waals surface area (Å²) >= 11 is 1.75. The van der Waals surface area contributed by atoms with Gasteiger partial charge in [-0.15, -0.1) is 11.8 Å². The van der Waals surface area contributed by atoms with Crippen molar-refractivity contribution in [1.29, 1.82) is 0 Å². The number of nitrogens with one attached hydrogen (secondary N) is 2. The lowest BCUT2D eigenvalue weighted by molar-refractivity contribution is -0.120. The molecule has 0 aromatic heterocycles. The molecule has 0 radical (unpaired) electrons. The molecule has 2 amide bonds. The second-order valence-electron chi connectivity index (χ2n) is 8.08. The van der Waals surface area contributed by atoms with Gasteiger partial charge in [-0.3, -0.25) is 9.59 Å². The average Bonchev–Trinajstić information content (AvgIpc) is 2.78. The third-order valence-corrected chi connectivity index (χ3v) is 6.13. The molecule has 0 atom stereocenters. The van der Waals surface area contributed by atoms with Crippen LogP contribution >= 0.6 is 11.8 Å². The van der Waals surface area contributed by atoms with Crippen LogP contribution in [0.5, 0.6) is 0 Å². The molecule has 3 rings (SSSR count). The minimum atomic E-state index is -1.01. The van der Waals surface area contributed by atoms with E-state index in [4.69, 9.17) is 0 Å². The van der Waals surface area contributed by atoms with Gasteiger partial charge in [-0.05, 0) is 67.1 Å². The van der Waals surface area contributed by atoms with Crippen LogP contribution in [0.25, 0.3) is 0 Å². The molecule has 0 aliphatic carbocycles. The molecule has 3 aromatic carbocycles. The smallest absolute Gasteiger partial charge is 0.234 e. The third-order valence-electron chi connectivity index (χ3n) is 5.23. The van der Waals surface area contributed by atoms with Crippen molar-refractivity contribution in [2.24, 2.45) is 0 Å². The van der Waals surface area contributed by atoms with Crippen LogP contribution in [0.15, 0.2) is 71.6 Å². The van der Waals surface area contributed by atoms with Gasteiger partial charge >= 0.3 is 0 Å². The summed E-state index contributed by atoms with van der Waals surface area (Å²) < 4.78 is 27.3. The Morgan fingerprint density at radius 2 is 1.58 bits per heavy atom. The number of halogens is 2. The van der Waals surface area contributed by atoms with Gasteiger partial charge in [0.15, 0.2) is 0 Å². The van der Waals surface area contributed by atoms with Crippen LogP contribution in [0.1, 0.15) is 31.9 Å². The standard InChI is InChI=1S/C26H26F2N2O2S/c1-4-33-21-12-5-17(6-13-21)15-24(31)29-20-10-7-18(8-11-20)26(2,3)25(32)30-23-16-19(27)9-14-22(23)28/h5-14,16H,4,15H2,1-3H3,(H,29,31)(H,30,32). The Kier molecular flexibility index (Phi) is 7.87. The molecule has 33 heavy (non-hydrogen) atoms. The van der Waals surface area contributed by atoms with Gasteiger partial charge in [0, 0.05) is 16.6 Å². The van der Waals surface area contributed by atoms with Crippen LogP contribution in [0, 0.1) is 11.6 Å². The number of thioether (sulfide) groups is 1. The number of amides is 2. The Labute approximate surface area is 196 Å².